The Morgan fingerprint density at radius 2 is 1.94 bits per heavy atom. The summed E-state index contributed by atoms with van der Waals surface area (Å²) < 4.78 is 5.35. The minimum absolute atomic E-state index is 0.00119. The summed E-state index contributed by atoms with van der Waals surface area (Å²) in [5, 5.41) is 13.3. The van der Waals surface area contributed by atoms with Crippen molar-refractivity contribution in [3.63, 3.8) is 0 Å². The van der Waals surface area contributed by atoms with Gasteiger partial charge in [-0.2, -0.15) is 0 Å². The third-order valence-electron chi connectivity index (χ3n) is 4.57. The average molecular weight is 256 g/mol. The fourth-order valence-electron chi connectivity index (χ4n) is 3.01. The Morgan fingerprint density at radius 3 is 2.56 bits per heavy atom. The largest absolute Gasteiger partial charge is 0.394 e. The van der Waals surface area contributed by atoms with Crippen LogP contribution in [0.5, 0.6) is 0 Å². The van der Waals surface area contributed by atoms with E-state index in [1.807, 2.05) is 0 Å². The Hall–Kier alpha value is -0.160. The van der Waals surface area contributed by atoms with E-state index in [2.05, 4.69) is 17.1 Å². The molecule has 0 radical (unpaired) electrons. The van der Waals surface area contributed by atoms with Crippen molar-refractivity contribution in [3.05, 3.63) is 0 Å². The minimum Gasteiger partial charge on any atom is -0.394 e. The van der Waals surface area contributed by atoms with Gasteiger partial charge in [0.05, 0.1) is 19.8 Å². The summed E-state index contributed by atoms with van der Waals surface area (Å²) in [7, 11) is 0. The minimum atomic E-state index is -0.00119. The van der Waals surface area contributed by atoms with E-state index in [-0.39, 0.29) is 12.1 Å². The zero-order valence-corrected chi connectivity index (χ0v) is 11.7. The number of hydrogen-bond acceptors (Lipinski definition) is 4. The first-order valence-corrected chi connectivity index (χ1v) is 7.40. The van der Waals surface area contributed by atoms with E-state index in [1.54, 1.807) is 0 Å². The van der Waals surface area contributed by atoms with E-state index < -0.39 is 0 Å². The highest BCUT2D eigenvalue weighted by Gasteiger charge is 2.32. The summed E-state index contributed by atoms with van der Waals surface area (Å²) in [5.41, 5.74) is -0.00119. The van der Waals surface area contributed by atoms with E-state index in [0.29, 0.717) is 0 Å². The predicted octanol–water partition coefficient (Wildman–Crippen LogP) is 0.849. The number of aliphatic hydroxyl groups is 1. The van der Waals surface area contributed by atoms with Crippen LogP contribution in [0.4, 0.5) is 0 Å². The van der Waals surface area contributed by atoms with Gasteiger partial charge < -0.3 is 15.2 Å². The van der Waals surface area contributed by atoms with Crippen molar-refractivity contribution in [1.29, 1.82) is 0 Å². The molecule has 0 amide bonds. The van der Waals surface area contributed by atoms with Gasteiger partial charge in [-0.3, -0.25) is 4.90 Å². The van der Waals surface area contributed by atoms with Crippen LogP contribution in [0.2, 0.25) is 0 Å². The Bertz CT molecular complexity index is 234. The van der Waals surface area contributed by atoms with Crippen LogP contribution < -0.4 is 5.32 Å². The van der Waals surface area contributed by atoms with Crippen LogP contribution in [0.1, 0.15) is 32.6 Å². The van der Waals surface area contributed by atoms with Crippen molar-refractivity contribution in [2.24, 2.45) is 5.92 Å². The summed E-state index contributed by atoms with van der Waals surface area (Å²) in [4.78, 5) is 2.44. The Morgan fingerprint density at radius 1 is 1.28 bits per heavy atom. The number of hydrogen-bond donors (Lipinski definition) is 2. The highest BCUT2D eigenvalue weighted by atomic mass is 16.5. The van der Waals surface area contributed by atoms with Gasteiger partial charge in [-0.05, 0) is 31.6 Å². The topological polar surface area (TPSA) is 44.7 Å². The van der Waals surface area contributed by atoms with Crippen molar-refractivity contribution in [2.45, 2.75) is 38.1 Å². The molecule has 2 aliphatic rings. The lowest BCUT2D eigenvalue weighted by Gasteiger charge is -2.39. The molecule has 1 saturated heterocycles. The number of rotatable bonds is 5. The zero-order valence-electron chi connectivity index (χ0n) is 11.7. The molecule has 4 nitrogen and oxygen atoms in total. The Kier molecular flexibility index (Phi) is 5.42. The van der Waals surface area contributed by atoms with Gasteiger partial charge in [0, 0.05) is 31.7 Å². The van der Waals surface area contributed by atoms with Crippen LogP contribution >= 0.6 is 0 Å². The number of aliphatic hydroxyl groups excluding tert-OH is 1. The van der Waals surface area contributed by atoms with Gasteiger partial charge in [0.25, 0.3) is 0 Å². The van der Waals surface area contributed by atoms with Gasteiger partial charge in [0.15, 0.2) is 0 Å². The van der Waals surface area contributed by atoms with Crippen molar-refractivity contribution in [3.8, 4) is 0 Å². The number of morpholine rings is 1. The van der Waals surface area contributed by atoms with Gasteiger partial charge in [-0.15, -0.1) is 0 Å². The molecular formula is C14H28N2O2. The zero-order chi connectivity index (χ0) is 12.8. The first-order chi connectivity index (χ1) is 8.74. The van der Waals surface area contributed by atoms with Crippen LogP contribution in [0.3, 0.4) is 0 Å². The monoisotopic (exact) mass is 256 g/mol. The lowest BCUT2D eigenvalue weighted by Crippen LogP contribution is -2.53. The van der Waals surface area contributed by atoms with Crippen molar-refractivity contribution in [1.82, 2.24) is 10.2 Å². The third kappa shape index (κ3) is 3.92. The van der Waals surface area contributed by atoms with Gasteiger partial charge in [0.2, 0.25) is 0 Å². The second kappa shape index (κ2) is 6.85. The Balaban J connectivity index is 1.69. The fourth-order valence-corrected chi connectivity index (χ4v) is 3.01. The number of nitrogens with one attached hydrogen (secondary N) is 1. The van der Waals surface area contributed by atoms with E-state index in [1.165, 1.54) is 12.8 Å². The van der Waals surface area contributed by atoms with E-state index in [0.717, 1.165) is 58.2 Å². The molecule has 18 heavy (non-hydrogen) atoms. The van der Waals surface area contributed by atoms with Gasteiger partial charge in [0.1, 0.15) is 0 Å². The highest BCUT2D eigenvalue weighted by molar-refractivity contribution is 4.92. The van der Waals surface area contributed by atoms with E-state index in [4.69, 9.17) is 4.74 Å². The second-order valence-electron chi connectivity index (χ2n) is 6.00. The van der Waals surface area contributed by atoms with Crippen molar-refractivity contribution >= 4 is 0 Å². The maximum Gasteiger partial charge on any atom is 0.0613 e. The Labute approximate surface area is 111 Å². The van der Waals surface area contributed by atoms with Crippen molar-refractivity contribution < 1.29 is 9.84 Å². The molecule has 2 N–H and O–H groups in total. The summed E-state index contributed by atoms with van der Waals surface area (Å²) >= 11 is 0. The maximum absolute atomic E-state index is 9.67. The molecule has 1 heterocycles. The molecule has 2 fully saturated rings. The number of nitrogens with zero attached hydrogens (tertiary/aromatic N) is 1. The molecule has 1 aliphatic heterocycles. The van der Waals surface area contributed by atoms with E-state index in [9.17, 15) is 5.11 Å². The molecule has 0 bridgehead atoms. The van der Waals surface area contributed by atoms with Crippen molar-refractivity contribution in [2.75, 3.05) is 46.0 Å². The molecule has 2 rings (SSSR count). The lowest BCUT2D eigenvalue weighted by molar-refractivity contribution is 0.0348. The summed E-state index contributed by atoms with van der Waals surface area (Å²) in [6.07, 6.45) is 4.72. The average Bonchev–Trinajstić information content (AvgIpc) is 2.43. The van der Waals surface area contributed by atoms with Crippen LogP contribution in [-0.4, -0.2) is 61.5 Å². The molecular weight excluding hydrogens is 228 g/mol. The molecule has 0 spiro atoms. The van der Waals surface area contributed by atoms with Crippen LogP contribution in [0.15, 0.2) is 0 Å². The van der Waals surface area contributed by atoms with Gasteiger partial charge >= 0.3 is 0 Å². The molecule has 0 aromatic heterocycles. The van der Waals surface area contributed by atoms with Gasteiger partial charge in [-0.25, -0.2) is 0 Å². The highest BCUT2D eigenvalue weighted by Crippen LogP contribution is 2.31. The molecule has 4 heteroatoms. The van der Waals surface area contributed by atoms with Crippen LogP contribution in [0.25, 0.3) is 0 Å². The predicted molar refractivity (Wildman–Crippen MR) is 72.7 cm³/mol. The smallest absolute Gasteiger partial charge is 0.0613 e. The molecule has 0 atom stereocenters. The fraction of sp³-hybridized carbons (Fsp3) is 1.00. The van der Waals surface area contributed by atoms with Crippen LogP contribution in [0, 0.1) is 5.92 Å². The molecule has 0 aromatic carbocycles. The standard InChI is InChI=1S/C14H28N2O2/c1-13-2-4-14(12-17,5-3-13)15-6-7-16-8-10-18-11-9-16/h13,15,17H,2-12H2,1H3. The van der Waals surface area contributed by atoms with Crippen LogP contribution in [-0.2, 0) is 4.74 Å². The van der Waals surface area contributed by atoms with E-state index >= 15 is 0 Å². The third-order valence-corrected chi connectivity index (χ3v) is 4.57. The SMILES string of the molecule is CC1CCC(CO)(NCCN2CCOCC2)CC1. The summed E-state index contributed by atoms with van der Waals surface area (Å²) in [6.45, 7) is 8.47. The first kappa shape index (κ1) is 14.3. The molecule has 1 aliphatic carbocycles. The summed E-state index contributed by atoms with van der Waals surface area (Å²) in [5.74, 6) is 0.825. The molecule has 1 saturated carbocycles. The first-order valence-electron chi connectivity index (χ1n) is 7.40. The second-order valence-corrected chi connectivity index (χ2v) is 6.00. The lowest BCUT2D eigenvalue weighted by atomic mass is 9.77. The van der Waals surface area contributed by atoms with Gasteiger partial charge in [-0.1, -0.05) is 6.92 Å². The maximum atomic E-state index is 9.67. The summed E-state index contributed by atoms with van der Waals surface area (Å²) in [6, 6.07) is 0. The number of ether oxygens (including phenoxy) is 1. The molecule has 0 unspecified atom stereocenters. The normalized spacial score (nSPS) is 34.7. The molecule has 106 valence electrons. The quantitative estimate of drug-likeness (QED) is 0.765. The molecule has 0 aromatic rings.